The second-order valence-corrected chi connectivity index (χ2v) is 8.93. The molecule has 216 valence electrons. The number of imidazole rings is 1. The Bertz CT molecular complexity index is 1110. The summed E-state index contributed by atoms with van der Waals surface area (Å²) in [6.45, 7) is 2.86. The van der Waals surface area contributed by atoms with E-state index < -0.39 is 24.3 Å². The number of pyridine rings is 1. The molecule has 2 saturated heterocycles. The zero-order chi connectivity index (χ0) is 29.6. The van der Waals surface area contributed by atoms with E-state index in [4.69, 9.17) is 19.8 Å². The van der Waals surface area contributed by atoms with Crippen molar-refractivity contribution in [2.75, 3.05) is 20.1 Å². The highest BCUT2D eigenvalue weighted by Gasteiger charge is 2.52. The topological polar surface area (TPSA) is 129 Å². The van der Waals surface area contributed by atoms with Gasteiger partial charge in [0.1, 0.15) is 5.82 Å². The molecule has 10 nitrogen and oxygen atoms in total. The number of aliphatic carboxylic acids is 2. The number of aryl methyl sites for hydroxylation is 1. The van der Waals surface area contributed by atoms with Gasteiger partial charge < -0.3 is 19.7 Å². The van der Waals surface area contributed by atoms with Crippen molar-refractivity contribution < 1.29 is 50.9 Å². The molecule has 39 heavy (non-hydrogen) atoms. The number of hydrogen-bond donors (Lipinski definition) is 2. The first-order valence-electron chi connectivity index (χ1n) is 11.4. The summed E-state index contributed by atoms with van der Waals surface area (Å²) in [6.07, 6.45) is -0.0312. The quantitative estimate of drug-likeness (QED) is 0.542. The number of alkyl halides is 6. The first-order valence-corrected chi connectivity index (χ1v) is 11.4. The lowest BCUT2D eigenvalue weighted by molar-refractivity contribution is -0.193. The van der Waals surface area contributed by atoms with Crippen molar-refractivity contribution in [3.63, 3.8) is 0 Å². The van der Waals surface area contributed by atoms with Crippen LogP contribution in [0.2, 0.25) is 0 Å². The van der Waals surface area contributed by atoms with Crippen LogP contribution >= 0.6 is 0 Å². The van der Waals surface area contributed by atoms with Crippen molar-refractivity contribution in [1.29, 1.82) is 0 Å². The van der Waals surface area contributed by atoms with Crippen molar-refractivity contribution in [2.45, 2.75) is 49.6 Å². The van der Waals surface area contributed by atoms with Gasteiger partial charge in [-0.25, -0.2) is 14.6 Å². The smallest absolute Gasteiger partial charge is 0.475 e. The van der Waals surface area contributed by atoms with E-state index in [-0.39, 0.29) is 17.4 Å². The van der Waals surface area contributed by atoms with Crippen LogP contribution in [-0.4, -0.2) is 90.4 Å². The maximum Gasteiger partial charge on any atom is 0.490 e. The molecule has 1 atom stereocenters. The molecule has 2 aliphatic rings. The Morgan fingerprint density at radius 3 is 1.87 bits per heavy atom. The molecule has 0 saturated carbocycles. The van der Waals surface area contributed by atoms with Crippen molar-refractivity contribution in [2.24, 2.45) is 7.05 Å². The summed E-state index contributed by atoms with van der Waals surface area (Å²) in [5, 5.41) is 14.2. The van der Waals surface area contributed by atoms with Crippen molar-refractivity contribution in [3.8, 4) is 0 Å². The minimum absolute atomic E-state index is 0.0590. The maximum absolute atomic E-state index is 12.5. The molecule has 2 fully saturated rings. The fourth-order valence-corrected chi connectivity index (χ4v) is 4.54. The van der Waals surface area contributed by atoms with Crippen molar-refractivity contribution in [3.05, 3.63) is 48.3 Å². The second-order valence-electron chi connectivity index (χ2n) is 8.93. The number of carboxylic acids is 2. The Morgan fingerprint density at radius 1 is 0.974 bits per heavy atom. The zero-order valence-electron chi connectivity index (χ0n) is 20.9. The molecular weight excluding hydrogens is 540 g/mol. The molecule has 0 aliphatic carbocycles. The minimum Gasteiger partial charge on any atom is -0.475 e. The van der Waals surface area contributed by atoms with E-state index in [1.54, 1.807) is 0 Å². The highest BCUT2D eigenvalue weighted by molar-refractivity contribution is 5.81. The molecule has 2 aromatic rings. The van der Waals surface area contributed by atoms with Gasteiger partial charge in [-0.15, -0.1) is 0 Å². The number of likely N-dealkylation sites (N-methyl/N-ethyl adjacent to an activating group) is 1. The predicted molar refractivity (Wildman–Crippen MR) is 122 cm³/mol. The maximum atomic E-state index is 12.5. The Labute approximate surface area is 218 Å². The third-order valence-corrected chi connectivity index (χ3v) is 6.67. The highest BCUT2D eigenvalue weighted by atomic mass is 19.4. The lowest BCUT2D eigenvalue weighted by Gasteiger charge is -2.46. The van der Waals surface area contributed by atoms with Crippen LogP contribution in [0.1, 0.15) is 36.6 Å². The molecule has 16 heteroatoms. The first-order chi connectivity index (χ1) is 18.0. The zero-order valence-corrected chi connectivity index (χ0v) is 20.9. The van der Waals surface area contributed by atoms with Gasteiger partial charge >= 0.3 is 24.3 Å². The standard InChI is InChI=1S/C19H25N5O.2C2HF3O2/c1-22-12-9-21-17(22)14-24-10-5-19(6-11-24)16(13-18(25)23(19)2)15-3-7-20-8-4-15;2*3-2(4,5)1(6)7/h3-4,7-9,12,16H,5-6,10-11,13-14H2,1-2H3;2*(H,6,7). The van der Waals surface area contributed by atoms with Crippen LogP contribution in [0.5, 0.6) is 0 Å². The predicted octanol–water partition coefficient (Wildman–Crippen LogP) is 3.06. The molecule has 0 radical (unpaired) electrons. The first kappa shape index (κ1) is 31.5. The molecule has 2 aliphatic heterocycles. The van der Waals surface area contributed by atoms with E-state index in [1.807, 2.05) is 43.8 Å². The summed E-state index contributed by atoms with van der Waals surface area (Å²) in [4.78, 5) is 43.3. The molecule has 1 amide bonds. The minimum atomic E-state index is -5.08. The number of carbonyl (C=O) groups is 3. The fourth-order valence-electron chi connectivity index (χ4n) is 4.54. The molecule has 0 aromatic carbocycles. The summed E-state index contributed by atoms with van der Waals surface area (Å²) < 4.78 is 65.6. The van der Waals surface area contributed by atoms with E-state index in [0.717, 1.165) is 38.3 Å². The van der Waals surface area contributed by atoms with Gasteiger partial charge in [-0.2, -0.15) is 26.3 Å². The van der Waals surface area contributed by atoms with E-state index in [1.165, 1.54) is 5.56 Å². The largest absolute Gasteiger partial charge is 0.490 e. The number of carboxylic acid groups (broad SMARTS) is 2. The molecule has 1 unspecified atom stereocenters. The number of piperidine rings is 1. The van der Waals surface area contributed by atoms with Gasteiger partial charge in [-0.1, -0.05) is 0 Å². The summed E-state index contributed by atoms with van der Waals surface area (Å²) >= 11 is 0. The normalized spacial score (nSPS) is 19.1. The van der Waals surface area contributed by atoms with Crippen LogP contribution in [-0.2, 0) is 28.0 Å². The number of hydrogen-bond acceptors (Lipinski definition) is 6. The number of carbonyl (C=O) groups excluding carboxylic acids is 1. The van der Waals surface area contributed by atoms with Gasteiger partial charge in [0.15, 0.2) is 0 Å². The van der Waals surface area contributed by atoms with E-state index >= 15 is 0 Å². The summed E-state index contributed by atoms with van der Waals surface area (Å²) in [5.74, 6) is -3.89. The lowest BCUT2D eigenvalue weighted by atomic mass is 9.74. The van der Waals surface area contributed by atoms with Gasteiger partial charge in [0.25, 0.3) is 0 Å². The SMILES string of the molecule is CN1C(=O)CC(c2ccncc2)C12CCN(Cc1nccn1C)CC2.O=C(O)C(F)(F)F.O=C(O)C(F)(F)F. The Hall–Kier alpha value is -3.69. The Balaban J connectivity index is 0.000000317. The van der Waals surface area contributed by atoms with E-state index in [9.17, 15) is 31.1 Å². The van der Waals surface area contributed by atoms with Crippen molar-refractivity contribution in [1.82, 2.24) is 24.3 Å². The monoisotopic (exact) mass is 567 g/mol. The van der Waals surface area contributed by atoms with Crippen LogP contribution in [0.15, 0.2) is 36.9 Å². The van der Waals surface area contributed by atoms with Crippen LogP contribution in [0, 0.1) is 0 Å². The molecular formula is C23H27F6N5O5. The summed E-state index contributed by atoms with van der Waals surface area (Å²) in [7, 11) is 4.02. The fraction of sp³-hybridized carbons (Fsp3) is 0.522. The summed E-state index contributed by atoms with van der Waals surface area (Å²) in [6, 6.07) is 4.14. The van der Waals surface area contributed by atoms with E-state index in [2.05, 4.69) is 31.6 Å². The molecule has 4 heterocycles. The second kappa shape index (κ2) is 12.4. The van der Waals surface area contributed by atoms with Gasteiger partial charge in [-0.05, 0) is 30.5 Å². The van der Waals surface area contributed by atoms with Gasteiger partial charge in [0.2, 0.25) is 5.91 Å². The average Bonchev–Trinajstić information content (AvgIpc) is 3.36. The van der Waals surface area contributed by atoms with Gasteiger partial charge in [-0.3, -0.25) is 14.7 Å². The highest BCUT2D eigenvalue weighted by Crippen LogP contribution is 2.48. The van der Waals surface area contributed by atoms with Gasteiger partial charge in [0, 0.05) is 64.3 Å². The number of rotatable bonds is 3. The Morgan fingerprint density at radius 2 is 1.46 bits per heavy atom. The molecule has 0 bridgehead atoms. The number of halogens is 6. The number of nitrogens with zero attached hydrogens (tertiary/aromatic N) is 5. The van der Waals surface area contributed by atoms with Crippen LogP contribution in [0.25, 0.3) is 0 Å². The Kier molecular flexibility index (Phi) is 10.1. The number of aromatic nitrogens is 3. The molecule has 1 spiro atoms. The molecule has 2 N–H and O–H groups in total. The van der Waals surface area contributed by atoms with Crippen LogP contribution in [0.3, 0.4) is 0 Å². The molecule has 4 rings (SSSR count). The lowest BCUT2D eigenvalue weighted by Crippen LogP contribution is -2.53. The summed E-state index contributed by atoms with van der Waals surface area (Å²) in [5.41, 5.74) is 1.18. The van der Waals surface area contributed by atoms with Gasteiger partial charge in [0.05, 0.1) is 12.1 Å². The van der Waals surface area contributed by atoms with Crippen molar-refractivity contribution >= 4 is 17.8 Å². The van der Waals surface area contributed by atoms with Crippen LogP contribution < -0.4 is 0 Å². The van der Waals surface area contributed by atoms with Crippen LogP contribution in [0.4, 0.5) is 26.3 Å². The third kappa shape index (κ3) is 8.15. The van der Waals surface area contributed by atoms with E-state index in [0.29, 0.717) is 6.42 Å². The molecule has 2 aromatic heterocycles. The average molecular weight is 567 g/mol. The number of amides is 1. The number of likely N-dealkylation sites (tertiary alicyclic amines) is 2. The third-order valence-electron chi connectivity index (χ3n) is 6.67.